The van der Waals surface area contributed by atoms with Crippen LogP contribution in [0, 0.1) is 0 Å². The molecule has 2 aromatic rings. The quantitative estimate of drug-likeness (QED) is 0.847. The highest BCUT2D eigenvalue weighted by molar-refractivity contribution is 5.81. The van der Waals surface area contributed by atoms with Crippen LogP contribution >= 0.6 is 0 Å². The van der Waals surface area contributed by atoms with Crippen LogP contribution in [0.3, 0.4) is 0 Å². The van der Waals surface area contributed by atoms with Gasteiger partial charge in [-0.2, -0.15) is 5.10 Å². The van der Waals surface area contributed by atoms with Crippen molar-refractivity contribution in [2.45, 2.75) is 32.4 Å². The van der Waals surface area contributed by atoms with Crippen LogP contribution in [0.1, 0.15) is 26.0 Å². The molecular formula is C14H21N3O. The molecule has 1 unspecified atom stereocenters. The Hall–Kier alpha value is -1.39. The van der Waals surface area contributed by atoms with Gasteiger partial charge in [0.05, 0.1) is 17.8 Å². The van der Waals surface area contributed by atoms with Gasteiger partial charge in [-0.3, -0.25) is 4.68 Å². The van der Waals surface area contributed by atoms with Gasteiger partial charge >= 0.3 is 0 Å². The lowest BCUT2D eigenvalue weighted by Gasteiger charge is -2.26. The summed E-state index contributed by atoms with van der Waals surface area (Å²) in [7, 11) is 1.96. The first kappa shape index (κ1) is 13.1. The molecule has 1 aromatic carbocycles. The molecule has 1 aromatic heterocycles. The van der Waals surface area contributed by atoms with Crippen molar-refractivity contribution < 1.29 is 5.11 Å². The Balaban J connectivity index is 2.22. The summed E-state index contributed by atoms with van der Waals surface area (Å²) in [6, 6.07) is 8.20. The van der Waals surface area contributed by atoms with Gasteiger partial charge < -0.3 is 10.4 Å². The van der Waals surface area contributed by atoms with E-state index in [9.17, 15) is 5.11 Å². The zero-order valence-electron chi connectivity index (χ0n) is 11.3. The van der Waals surface area contributed by atoms with Crippen molar-refractivity contribution >= 4 is 10.9 Å². The third-order valence-corrected chi connectivity index (χ3v) is 3.65. The van der Waals surface area contributed by atoms with Gasteiger partial charge in [-0.1, -0.05) is 25.1 Å². The summed E-state index contributed by atoms with van der Waals surface area (Å²) in [6.45, 7) is 4.90. The molecule has 2 rings (SSSR count). The summed E-state index contributed by atoms with van der Waals surface area (Å²) in [6.07, 6.45) is 0.883. The number of nitrogens with one attached hydrogen (secondary N) is 1. The van der Waals surface area contributed by atoms with Gasteiger partial charge in [0.15, 0.2) is 0 Å². The molecule has 4 nitrogen and oxygen atoms in total. The largest absolute Gasteiger partial charge is 0.394 e. The van der Waals surface area contributed by atoms with Gasteiger partial charge in [-0.05, 0) is 19.4 Å². The van der Waals surface area contributed by atoms with Gasteiger partial charge in [-0.25, -0.2) is 0 Å². The maximum Gasteiger partial charge on any atom is 0.0841 e. The number of rotatable bonds is 5. The third-order valence-electron chi connectivity index (χ3n) is 3.65. The normalized spacial score (nSPS) is 14.9. The summed E-state index contributed by atoms with van der Waals surface area (Å²) in [5.74, 6) is 0. The molecule has 0 aliphatic carbocycles. The van der Waals surface area contributed by atoms with E-state index in [0.29, 0.717) is 6.54 Å². The highest BCUT2D eigenvalue weighted by Crippen LogP contribution is 2.18. The van der Waals surface area contributed by atoms with Crippen LogP contribution in [0.2, 0.25) is 0 Å². The first-order chi connectivity index (χ1) is 8.59. The number of para-hydroxylation sites is 1. The van der Waals surface area contributed by atoms with E-state index in [0.717, 1.165) is 17.6 Å². The minimum atomic E-state index is -0.237. The molecule has 18 heavy (non-hydrogen) atoms. The zero-order chi connectivity index (χ0) is 13.2. The van der Waals surface area contributed by atoms with Crippen LogP contribution in [0.4, 0.5) is 0 Å². The second-order valence-corrected chi connectivity index (χ2v) is 5.01. The fraction of sp³-hybridized carbons (Fsp3) is 0.500. The maximum absolute atomic E-state index is 9.39. The number of aliphatic hydroxyl groups is 1. The van der Waals surface area contributed by atoms with E-state index in [-0.39, 0.29) is 12.1 Å². The average molecular weight is 247 g/mol. The van der Waals surface area contributed by atoms with Crippen LogP contribution < -0.4 is 5.32 Å². The second-order valence-electron chi connectivity index (χ2n) is 5.01. The molecule has 98 valence electrons. The van der Waals surface area contributed by atoms with Gasteiger partial charge in [0.25, 0.3) is 0 Å². The van der Waals surface area contributed by atoms with Gasteiger partial charge in [0.2, 0.25) is 0 Å². The molecule has 0 aliphatic heterocycles. The van der Waals surface area contributed by atoms with E-state index < -0.39 is 0 Å². The lowest BCUT2D eigenvalue weighted by molar-refractivity contribution is 0.168. The van der Waals surface area contributed by atoms with Crippen molar-refractivity contribution in [1.82, 2.24) is 15.1 Å². The molecule has 0 saturated heterocycles. The number of hydrogen-bond acceptors (Lipinski definition) is 3. The Labute approximate surface area is 108 Å². The zero-order valence-corrected chi connectivity index (χ0v) is 11.3. The Morgan fingerprint density at radius 2 is 2.11 bits per heavy atom. The topological polar surface area (TPSA) is 50.1 Å². The molecule has 0 amide bonds. The highest BCUT2D eigenvalue weighted by Gasteiger charge is 2.20. The van der Waals surface area contributed by atoms with Crippen LogP contribution in [0.25, 0.3) is 10.9 Å². The van der Waals surface area contributed by atoms with E-state index in [1.165, 1.54) is 5.39 Å². The summed E-state index contributed by atoms with van der Waals surface area (Å²) < 4.78 is 1.90. The number of hydrogen-bond donors (Lipinski definition) is 2. The minimum Gasteiger partial charge on any atom is -0.394 e. The molecule has 0 bridgehead atoms. The maximum atomic E-state index is 9.39. The number of aliphatic hydroxyl groups excluding tert-OH is 1. The summed E-state index contributed by atoms with van der Waals surface area (Å²) >= 11 is 0. The van der Waals surface area contributed by atoms with E-state index in [4.69, 9.17) is 0 Å². The molecule has 1 heterocycles. The standard InChI is InChI=1S/C14H21N3O/c1-4-14(2,10-18)15-9-12-11-7-5-6-8-13(11)17(3)16-12/h5-8,15,18H,4,9-10H2,1-3H3. The SMILES string of the molecule is CCC(C)(CO)NCc1nn(C)c2ccccc12. The predicted octanol–water partition coefficient (Wildman–Crippen LogP) is 1.82. The van der Waals surface area contributed by atoms with Crippen LogP contribution in [0.5, 0.6) is 0 Å². The number of nitrogens with zero attached hydrogens (tertiary/aromatic N) is 2. The van der Waals surface area contributed by atoms with E-state index >= 15 is 0 Å². The van der Waals surface area contributed by atoms with Crippen LogP contribution in [-0.2, 0) is 13.6 Å². The second kappa shape index (κ2) is 5.08. The summed E-state index contributed by atoms with van der Waals surface area (Å²) in [5.41, 5.74) is 1.93. The molecule has 1 atom stereocenters. The number of aromatic nitrogens is 2. The molecule has 0 fully saturated rings. The van der Waals surface area contributed by atoms with E-state index in [1.807, 2.05) is 30.8 Å². The Morgan fingerprint density at radius 3 is 2.78 bits per heavy atom. The molecule has 0 aliphatic rings. The van der Waals surface area contributed by atoms with E-state index in [2.05, 4.69) is 29.5 Å². The molecular weight excluding hydrogens is 226 g/mol. The molecule has 4 heteroatoms. The third kappa shape index (κ3) is 2.40. The summed E-state index contributed by atoms with van der Waals surface area (Å²) in [5, 5.41) is 18.5. The lowest BCUT2D eigenvalue weighted by Crippen LogP contribution is -2.44. The smallest absolute Gasteiger partial charge is 0.0841 e. The fourth-order valence-electron chi connectivity index (χ4n) is 2.01. The molecule has 2 N–H and O–H groups in total. The summed E-state index contributed by atoms with van der Waals surface area (Å²) in [4.78, 5) is 0. The van der Waals surface area contributed by atoms with Crippen LogP contribution in [-0.4, -0.2) is 27.0 Å². The first-order valence-electron chi connectivity index (χ1n) is 6.36. The van der Waals surface area contributed by atoms with Crippen molar-refractivity contribution in [2.75, 3.05) is 6.61 Å². The Morgan fingerprint density at radius 1 is 1.39 bits per heavy atom. The van der Waals surface area contributed by atoms with Crippen molar-refractivity contribution in [3.8, 4) is 0 Å². The molecule has 0 saturated carbocycles. The van der Waals surface area contributed by atoms with Crippen molar-refractivity contribution in [2.24, 2.45) is 7.05 Å². The van der Waals surface area contributed by atoms with Gasteiger partial charge in [0, 0.05) is 24.5 Å². The van der Waals surface area contributed by atoms with E-state index in [1.54, 1.807) is 0 Å². The number of fused-ring (bicyclic) bond motifs is 1. The van der Waals surface area contributed by atoms with Crippen molar-refractivity contribution in [1.29, 1.82) is 0 Å². The minimum absolute atomic E-state index is 0.133. The Bertz CT molecular complexity index is 529. The number of aryl methyl sites for hydroxylation is 1. The van der Waals surface area contributed by atoms with Gasteiger partial charge in [-0.15, -0.1) is 0 Å². The van der Waals surface area contributed by atoms with Crippen molar-refractivity contribution in [3.63, 3.8) is 0 Å². The highest BCUT2D eigenvalue weighted by atomic mass is 16.3. The molecule has 0 spiro atoms. The fourth-order valence-corrected chi connectivity index (χ4v) is 2.01. The first-order valence-corrected chi connectivity index (χ1v) is 6.36. The van der Waals surface area contributed by atoms with Crippen LogP contribution in [0.15, 0.2) is 24.3 Å². The van der Waals surface area contributed by atoms with Gasteiger partial charge in [0.1, 0.15) is 0 Å². The predicted molar refractivity (Wildman–Crippen MR) is 73.3 cm³/mol. The monoisotopic (exact) mass is 247 g/mol. The van der Waals surface area contributed by atoms with Crippen molar-refractivity contribution in [3.05, 3.63) is 30.0 Å². The lowest BCUT2D eigenvalue weighted by atomic mass is 10.00. The number of benzene rings is 1. The Kier molecular flexibility index (Phi) is 3.68. The average Bonchev–Trinajstić information content (AvgIpc) is 2.74. The molecule has 0 radical (unpaired) electrons.